The third kappa shape index (κ3) is 15.7. The standard InChI is InChI=1S/C23H22FN5O2S2.C22H21BrFN5S2.C21H21FN8O2S.C21H21FN6S2/c1-2-9-4-12(24)7-14-17-19(11-3-10-6-15(25)13(10)5-11)28-22(29-20(17)27-18(9)14)33-23-26-16(8-32-23)21(30)31;1-2-9-4-12(24)7-14-17-19(11-3-10-6-15(25)13(10)5-11)28-21(29-20(17)27-18(9)14)31-22-26-16(23)8-30-22;1-24-13-4-9(22)3-11-16-18(27-17(11)13)28-21(33-15-6-14(31)25-20(32)26-15)29-19(16)30-7-8-2-10(30)5-12(8)23;1-2-9-4-12(22)7-14-16-18(13-5-11-3-10(13)6-15(11)23)26-20(27-19(16)25-17(9)14)30-21-28-24-8-29-21/h4,7-8,10-11,13,15H,2-3,5-6,25H2,1H3,(H,30,31)(H,27,28,29);4,7-8,10-11,13,15H,2-3,5-6,25H2,1H3,(H,27,28,29);3-4,6,8,10,12,24H,2,5,7,23H2,1H3,(H,27,28,29)(H2,25,26,31,32);4,7-8,10-11,13,15H,2-3,5-6,23H2,1H3,(H,25,26,27)/t;;;10-,11-,13?,15-/m...1/s1. The van der Waals surface area contributed by atoms with Gasteiger partial charge >= 0.3 is 11.7 Å². The highest BCUT2D eigenvalue weighted by Crippen LogP contribution is 2.58. The molecule has 0 radical (unpaired) electrons. The lowest BCUT2D eigenvalue weighted by Crippen LogP contribution is -2.44. The first-order valence-electron chi connectivity index (χ1n) is 42.6. The van der Waals surface area contributed by atoms with Gasteiger partial charge in [0, 0.05) is 116 Å². The number of H-pyrrole nitrogens is 6. The van der Waals surface area contributed by atoms with Crippen LogP contribution < -0.4 is 44.4 Å². The molecule has 12 unspecified atom stereocenters. The Labute approximate surface area is 758 Å². The van der Waals surface area contributed by atoms with E-state index in [9.17, 15) is 37.1 Å². The molecule has 4 bridgehead atoms. The smallest absolute Gasteiger partial charge is 0.355 e. The van der Waals surface area contributed by atoms with E-state index in [0.29, 0.717) is 130 Å². The van der Waals surface area contributed by atoms with E-state index in [-0.39, 0.29) is 53.0 Å². The monoisotopic (exact) mass is 1910 g/mol. The van der Waals surface area contributed by atoms with Gasteiger partial charge in [0.15, 0.2) is 39.3 Å². The summed E-state index contributed by atoms with van der Waals surface area (Å²) in [6, 6.07) is 15.1. The van der Waals surface area contributed by atoms with Gasteiger partial charge in [-0.3, -0.25) is 9.78 Å². The van der Waals surface area contributed by atoms with Gasteiger partial charge in [-0.05, 0) is 260 Å². The number of thiazole rings is 2. The number of carboxylic acids is 1. The van der Waals surface area contributed by atoms with Crippen molar-refractivity contribution in [1.82, 2.24) is 89.9 Å². The molecule has 16 N–H and O–H groups in total. The molecule has 0 amide bonds. The number of hydrogen-bond acceptors (Lipinski definition) is 28. The van der Waals surface area contributed by atoms with Gasteiger partial charge in [-0.1, -0.05) is 32.1 Å². The lowest BCUT2D eigenvalue weighted by molar-refractivity contribution is 0.0690. The van der Waals surface area contributed by atoms with Gasteiger partial charge in [0.05, 0.1) is 55.2 Å². The molecule has 1 aliphatic heterocycles. The van der Waals surface area contributed by atoms with Crippen molar-refractivity contribution in [3.05, 3.63) is 159 Å². The quantitative estimate of drug-likeness (QED) is 0.0229. The fourth-order valence-corrected chi connectivity index (χ4v) is 27.6. The number of aryl methyl sites for hydroxylation is 3. The van der Waals surface area contributed by atoms with Gasteiger partial charge in [-0.15, -0.1) is 32.9 Å². The number of carboxylic acid groups (broad SMARTS) is 1. The molecule has 24 rings (SSSR count). The van der Waals surface area contributed by atoms with E-state index in [1.807, 2.05) is 26.2 Å². The number of nitrogens with zero attached hydrogens (tertiary/aromatic N) is 13. The molecule has 7 aliphatic carbocycles. The fraction of sp³-hybridized carbons (Fsp3) is 0.391. The van der Waals surface area contributed by atoms with E-state index in [0.717, 1.165) is 220 Å². The zero-order chi connectivity index (χ0) is 87.4. The maximum absolute atomic E-state index is 14.5. The Bertz CT molecular complexity index is 7170. The molecule has 28 nitrogen and oxygen atoms in total. The molecule has 4 aromatic carbocycles. The van der Waals surface area contributed by atoms with Gasteiger partial charge in [0.2, 0.25) is 0 Å². The first kappa shape index (κ1) is 84.3. The summed E-state index contributed by atoms with van der Waals surface area (Å²) >= 11 is 13.0. The molecule has 15 atom stereocenters. The van der Waals surface area contributed by atoms with Crippen molar-refractivity contribution in [1.29, 1.82) is 0 Å². The minimum Gasteiger partial charge on any atom is -0.476 e. The van der Waals surface area contributed by atoms with E-state index in [2.05, 4.69) is 81.2 Å². The summed E-state index contributed by atoms with van der Waals surface area (Å²) < 4.78 is 60.9. The number of nitrogens with two attached hydrogens (primary N) is 4. The highest BCUT2D eigenvalue weighted by atomic mass is 79.9. The van der Waals surface area contributed by atoms with Gasteiger partial charge < -0.3 is 63.2 Å². The number of anilines is 2. The number of nitrogens with one attached hydrogen (secondary N) is 7. The molecule has 12 aromatic heterocycles. The minimum absolute atomic E-state index is 0.0128. The molecule has 13 heterocycles. The van der Waals surface area contributed by atoms with Gasteiger partial charge in [0.25, 0.3) is 5.56 Å². The Morgan fingerprint density at radius 3 is 1.45 bits per heavy atom. The van der Waals surface area contributed by atoms with E-state index in [1.165, 1.54) is 81.5 Å². The first-order chi connectivity index (χ1) is 61.4. The number of aromatic carboxylic acids is 1. The second-order valence-electron chi connectivity index (χ2n) is 34.5. The molecule has 0 spiro atoms. The normalized spacial score (nSPS) is 24.3. The Morgan fingerprint density at radius 2 is 0.992 bits per heavy atom. The number of aromatic nitrogens is 18. The third-order valence-corrected chi connectivity index (χ3v) is 34.1. The maximum atomic E-state index is 14.5. The second kappa shape index (κ2) is 33.7. The number of halogens is 5. The Balaban J connectivity index is 0.000000103. The number of fused-ring (bicyclic) bond motifs is 18. The molecule has 8 fully saturated rings. The zero-order valence-corrected chi connectivity index (χ0v) is 76.0. The zero-order valence-electron chi connectivity index (χ0n) is 68.7. The van der Waals surface area contributed by atoms with Gasteiger partial charge in [-0.25, -0.2) is 77.0 Å². The van der Waals surface area contributed by atoms with Crippen molar-refractivity contribution in [2.45, 2.75) is 197 Å². The Kier molecular flexibility index (Phi) is 22.4. The largest absolute Gasteiger partial charge is 0.476 e. The van der Waals surface area contributed by atoms with E-state index in [4.69, 9.17) is 57.8 Å². The van der Waals surface area contributed by atoms with Crippen LogP contribution >= 0.6 is 97.0 Å². The number of benzene rings is 4. The van der Waals surface area contributed by atoms with Crippen molar-refractivity contribution in [3.63, 3.8) is 0 Å². The van der Waals surface area contributed by atoms with Crippen molar-refractivity contribution >= 4 is 202 Å². The van der Waals surface area contributed by atoms with E-state index < -0.39 is 17.2 Å². The minimum atomic E-state index is -1.06. The van der Waals surface area contributed by atoms with E-state index in [1.54, 1.807) is 60.3 Å². The van der Waals surface area contributed by atoms with Crippen molar-refractivity contribution in [3.8, 4) is 0 Å². The predicted molar refractivity (Wildman–Crippen MR) is 493 cm³/mol. The summed E-state index contributed by atoms with van der Waals surface area (Å²) in [4.78, 5) is 103. The van der Waals surface area contributed by atoms with E-state index >= 15 is 0 Å². The Hall–Kier alpha value is -9.59. The summed E-state index contributed by atoms with van der Waals surface area (Å²) in [6.45, 7) is 6.86. The summed E-state index contributed by atoms with van der Waals surface area (Å²) in [5.41, 5.74) is 38.5. The molecule has 16 aromatic rings. The molecule has 7 saturated carbocycles. The van der Waals surface area contributed by atoms with Crippen LogP contribution in [0, 0.1) is 64.7 Å². The summed E-state index contributed by atoms with van der Waals surface area (Å²) in [7, 11) is 1.73. The number of piperidine rings is 1. The SMILES string of the molecule is CCc1cc(F)cc2c1[nH]c1nc(Sc3nc(Br)cs3)nc(C3CC4CC(N)C4C3)c12.CCc1cc(F)cc2c1[nH]c1nc(Sc3nc(C(=O)O)cs3)nc(C3CC4CC(N)C4C3)c12.CCc1cc(F)cc2c1[nH]c1nc(Sc3nncs3)nc(C3C[C@H]4C[C@@H]3C[C@H]4N)c12.CNc1cc(F)cc2c1[nH]c1nc(Sc3cc(=O)[nH]c(=O)[nH]3)nc(N3CC4CC3CC4N)c12. The van der Waals surface area contributed by atoms with Crippen LogP contribution in [0.15, 0.2) is 124 Å². The topological polar surface area (TPSA) is 440 Å². The number of carbonyl (C=O) groups is 1. The molecular weight excluding hydrogens is 1830 g/mol. The van der Waals surface area contributed by atoms with Crippen LogP contribution in [0.25, 0.3) is 87.7 Å². The van der Waals surface area contributed by atoms with Crippen LogP contribution in [-0.2, 0) is 19.3 Å². The lowest BCUT2D eigenvalue weighted by atomic mass is 9.72. The van der Waals surface area contributed by atoms with Crippen molar-refractivity contribution in [2.75, 3.05) is 23.8 Å². The second-order valence-corrected chi connectivity index (χ2v) is 42.5. The van der Waals surface area contributed by atoms with Crippen LogP contribution in [0.2, 0.25) is 0 Å². The highest BCUT2D eigenvalue weighted by Gasteiger charge is 2.51. The summed E-state index contributed by atoms with van der Waals surface area (Å²) in [5.74, 6) is 3.36. The predicted octanol–water partition coefficient (Wildman–Crippen LogP) is 17.4. The molecule has 1 saturated heterocycles. The van der Waals surface area contributed by atoms with Crippen LogP contribution in [0.3, 0.4) is 0 Å². The van der Waals surface area contributed by atoms with Crippen molar-refractivity contribution < 1.29 is 27.5 Å². The van der Waals surface area contributed by atoms with Crippen molar-refractivity contribution in [2.24, 2.45) is 64.4 Å². The first-order valence-corrected chi connectivity index (χ1v) is 49.3. The maximum Gasteiger partial charge on any atom is 0.355 e. The molecular formula is C87H85BrF4N24O4S7. The third-order valence-electron chi connectivity index (χ3n) is 27.4. The van der Waals surface area contributed by atoms with Crippen LogP contribution in [0.4, 0.5) is 29.1 Å². The number of hydrogen-bond donors (Lipinski definition) is 12. The fourth-order valence-electron chi connectivity index (χ4n) is 21.6. The van der Waals surface area contributed by atoms with Crippen LogP contribution in [0.1, 0.15) is 153 Å². The molecule has 8 aliphatic rings. The average Bonchev–Trinajstić information content (AvgIpc) is 1.59. The van der Waals surface area contributed by atoms with Crippen LogP contribution in [-0.4, -0.2) is 145 Å². The van der Waals surface area contributed by atoms with Crippen LogP contribution in [0.5, 0.6) is 0 Å². The molecule has 127 heavy (non-hydrogen) atoms. The number of aromatic amines is 6. The summed E-state index contributed by atoms with van der Waals surface area (Å²) in [6.07, 6.45) is 13.6. The van der Waals surface area contributed by atoms with Gasteiger partial charge in [-0.2, -0.15) is 0 Å². The average molecular weight is 1910 g/mol. The lowest BCUT2D eigenvalue weighted by Gasteiger charge is -2.37. The highest BCUT2D eigenvalue weighted by molar-refractivity contribution is 9.10. The van der Waals surface area contributed by atoms with Gasteiger partial charge in [0.1, 0.15) is 61.8 Å². The summed E-state index contributed by atoms with van der Waals surface area (Å²) in [5, 5.41) is 33.1. The Morgan fingerprint density at radius 1 is 0.496 bits per heavy atom. The number of rotatable bonds is 17. The molecule has 40 heteroatoms. The molecule has 654 valence electrons.